The molecule has 0 aliphatic heterocycles. The lowest BCUT2D eigenvalue weighted by molar-refractivity contribution is 0.0677. The summed E-state index contributed by atoms with van der Waals surface area (Å²) in [6.07, 6.45) is 1.23. The highest BCUT2D eigenvalue weighted by Gasteiger charge is 2.56. The van der Waals surface area contributed by atoms with Crippen molar-refractivity contribution in [2.24, 2.45) is 5.41 Å². The average Bonchev–Trinajstić information content (AvgIpc) is 3.18. The van der Waals surface area contributed by atoms with Crippen LogP contribution in [0.5, 0.6) is 0 Å². The number of aryl methyl sites for hydroxylation is 1. The Labute approximate surface area is 117 Å². The Hall–Kier alpha value is -2.30. The molecule has 1 fully saturated rings. The first-order valence-electron chi connectivity index (χ1n) is 6.32. The number of nitrogens with zero attached hydrogens (tertiary/aromatic N) is 1. The second-order valence-electron chi connectivity index (χ2n) is 5.37. The molecule has 1 saturated carbocycles. The lowest BCUT2D eigenvalue weighted by Crippen LogP contribution is -2.33. The maximum atomic E-state index is 11.2. The summed E-state index contributed by atoms with van der Waals surface area (Å²) in [7, 11) is 0. The quantitative estimate of drug-likeness (QED) is 0.805. The van der Waals surface area contributed by atoms with Crippen molar-refractivity contribution in [1.29, 1.82) is 5.26 Å². The van der Waals surface area contributed by atoms with Gasteiger partial charge in [-0.1, -0.05) is 23.5 Å². The Morgan fingerprint density at radius 2 is 2.10 bits per heavy atom. The van der Waals surface area contributed by atoms with E-state index in [1.165, 1.54) is 13.0 Å². The minimum atomic E-state index is -1.43. The number of carbonyl (C=O) groups is 1. The van der Waals surface area contributed by atoms with Crippen molar-refractivity contribution >= 4 is 5.97 Å². The maximum Gasteiger partial charge on any atom is 0.336 e. The number of aliphatic hydroxyl groups is 1. The molecule has 0 spiro atoms. The molecule has 1 aromatic rings. The summed E-state index contributed by atoms with van der Waals surface area (Å²) in [4.78, 5) is 11.2. The Morgan fingerprint density at radius 1 is 1.45 bits per heavy atom. The fraction of sp³-hybridized carbons (Fsp3) is 0.375. The maximum absolute atomic E-state index is 11.2. The predicted molar refractivity (Wildman–Crippen MR) is 72.9 cm³/mol. The second-order valence-corrected chi connectivity index (χ2v) is 5.37. The van der Waals surface area contributed by atoms with Gasteiger partial charge in [0.25, 0.3) is 0 Å². The molecule has 1 aromatic carbocycles. The molecule has 1 atom stereocenters. The topological polar surface area (TPSA) is 81.3 Å². The first kappa shape index (κ1) is 14.1. The van der Waals surface area contributed by atoms with E-state index in [1.807, 2.05) is 0 Å². The summed E-state index contributed by atoms with van der Waals surface area (Å²) in [5.41, 5.74) is -0.959. The van der Waals surface area contributed by atoms with Crippen LogP contribution in [0.15, 0.2) is 18.2 Å². The van der Waals surface area contributed by atoms with Gasteiger partial charge in [-0.3, -0.25) is 0 Å². The van der Waals surface area contributed by atoms with Crippen molar-refractivity contribution in [2.75, 3.05) is 0 Å². The molecule has 0 bridgehead atoms. The summed E-state index contributed by atoms with van der Waals surface area (Å²) in [6.45, 7) is 3.31. The summed E-state index contributed by atoms with van der Waals surface area (Å²) in [5.74, 6) is 4.32. The summed E-state index contributed by atoms with van der Waals surface area (Å²) in [6, 6.07) is 7.03. The zero-order valence-electron chi connectivity index (χ0n) is 11.4. The van der Waals surface area contributed by atoms with Gasteiger partial charge in [-0.25, -0.2) is 4.79 Å². The van der Waals surface area contributed by atoms with Crippen LogP contribution in [-0.4, -0.2) is 21.8 Å². The molecule has 2 N–H and O–H groups in total. The van der Waals surface area contributed by atoms with Gasteiger partial charge >= 0.3 is 5.97 Å². The molecular formula is C16H15NO3. The van der Waals surface area contributed by atoms with Crippen LogP contribution in [0.4, 0.5) is 0 Å². The van der Waals surface area contributed by atoms with Gasteiger partial charge in [0.1, 0.15) is 5.60 Å². The van der Waals surface area contributed by atoms with Gasteiger partial charge in [0.2, 0.25) is 0 Å². The van der Waals surface area contributed by atoms with E-state index in [1.54, 1.807) is 19.1 Å². The molecule has 20 heavy (non-hydrogen) atoms. The minimum absolute atomic E-state index is 0.107. The third kappa shape index (κ3) is 2.39. The van der Waals surface area contributed by atoms with E-state index in [4.69, 9.17) is 10.4 Å². The van der Waals surface area contributed by atoms with E-state index >= 15 is 0 Å². The number of hydrogen-bond donors (Lipinski definition) is 2. The highest BCUT2D eigenvalue weighted by atomic mass is 16.4. The van der Waals surface area contributed by atoms with Crippen LogP contribution < -0.4 is 0 Å². The number of carboxylic acids is 1. The van der Waals surface area contributed by atoms with Crippen LogP contribution >= 0.6 is 0 Å². The van der Waals surface area contributed by atoms with Gasteiger partial charge in [-0.15, -0.1) is 0 Å². The highest BCUT2D eigenvalue weighted by molar-refractivity contribution is 5.91. The predicted octanol–water partition coefficient (Wildman–Crippen LogP) is 2.10. The average molecular weight is 269 g/mol. The summed E-state index contributed by atoms with van der Waals surface area (Å²) >= 11 is 0. The van der Waals surface area contributed by atoms with Crippen molar-refractivity contribution in [2.45, 2.75) is 32.3 Å². The molecular weight excluding hydrogens is 254 g/mol. The molecule has 0 amide bonds. The largest absolute Gasteiger partial charge is 0.478 e. The van der Waals surface area contributed by atoms with Crippen molar-refractivity contribution in [1.82, 2.24) is 0 Å². The normalized spacial score (nSPS) is 18.1. The Morgan fingerprint density at radius 3 is 2.60 bits per heavy atom. The third-order valence-electron chi connectivity index (χ3n) is 3.74. The van der Waals surface area contributed by atoms with Crippen molar-refractivity contribution in [3.8, 4) is 17.9 Å². The van der Waals surface area contributed by atoms with E-state index in [0.29, 0.717) is 18.4 Å². The minimum Gasteiger partial charge on any atom is -0.478 e. The highest BCUT2D eigenvalue weighted by Crippen LogP contribution is 2.53. The molecule has 2 rings (SSSR count). The molecule has 1 aliphatic rings. The van der Waals surface area contributed by atoms with Crippen molar-refractivity contribution in [3.63, 3.8) is 0 Å². The Balaban J connectivity index is 2.40. The molecule has 0 radical (unpaired) electrons. The van der Waals surface area contributed by atoms with E-state index in [9.17, 15) is 9.90 Å². The first-order chi connectivity index (χ1) is 9.31. The fourth-order valence-corrected chi connectivity index (χ4v) is 2.09. The second kappa shape index (κ2) is 4.67. The van der Waals surface area contributed by atoms with Crippen LogP contribution in [0.1, 0.15) is 41.3 Å². The van der Waals surface area contributed by atoms with E-state index in [2.05, 4.69) is 17.9 Å². The number of hydrogen-bond acceptors (Lipinski definition) is 3. The molecule has 0 unspecified atom stereocenters. The number of carboxylic acid groups (broad SMARTS) is 1. The Kier molecular flexibility index (Phi) is 3.29. The molecule has 0 aromatic heterocycles. The number of benzene rings is 1. The summed E-state index contributed by atoms with van der Waals surface area (Å²) in [5, 5.41) is 28.6. The smallest absolute Gasteiger partial charge is 0.336 e. The van der Waals surface area contributed by atoms with E-state index in [-0.39, 0.29) is 5.56 Å². The SMILES string of the molecule is Cc1ccc(C#C[C@](C)(O)C2(C#N)CC2)c(C(=O)O)c1. The van der Waals surface area contributed by atoms with Gasteiger partial charge in [0.05, 0.1) is 17.0 Å². The molecule has 4 heteroatoms. The fourth-order valence-electron chi connectivity index (χ4n) is 2.09. The van der Waals surface area contributed by atoms with Crippen LogP contribution in [0.25, 0.3) is 0 Å². The molecule has 102 valence electrons. The lowest BCUT2D eigenvalue weighted by atomic mass is 9.87. The summed E-state index contributed by atoms with van der Waals surface area (Å²) < 4.78 is 0. The third-order valence-corrected chi connectivity index (χ3v) is 3.74. The van der Waals surface area contributed by atoms with Gasteiger partial charge in [-0.05, 0) is 38.8 Å². The monoisotopic (exact) mass is 269 g/mol. The van der Waals surface area contributed by atoms with Crippen LogP contribution in [0, 0.1) is 35.5 Å². The lowest BCUT2D eigenvalue weighted by Gasteiger charge is -2.21. The molecule has 4 nitrogen and oxygen atoms in total. The van der Waals surface area contributed by atoms with E-state index in [0.717, 1.165) is 5.56 Å². The van der Waals surface area contributed by atoms with Gasteiger partial charge in [0.15, 0.2) is 0 Å². The zero-order valence-corrected chi connectivity index (χ0v) is 11.4. The van der Waals surface area contributed by atoms with Crippen LogP contribution in [-0.2, 0) is 0 Å². The number of nitriles is 1. The van der Waals surface area contributed by atoms with Gasteiger partial charge in [0, 0.05) is 5.56 Å². The van der Waals surface area contributed by atoms with Gasteiger partial charge in [-0.2, -0.15) is 5.26 Å². The van der Waals surface area contributed by atoms with Crippen molar-refractivity contribution in [3.05, 3.63) is 34.9 Å². The van der Waals surface area contributed by atoms with Gasteiger partial charge < -0.3 is 10.2 Å². The standard InChI is InChI=1S/C16H15NO3/c1-11-3-4-12(13(9-11)14(18)19)5-6-15(2,20)16(10-17)7-8-16/h3-4,9,20H,7-8H2,1-2H3,(H,18,19)/t15-/m0/s1. The number of rotatable bonds is 2. The van der Waals surface area contributed by atoms with Crippen LogP contribution in [0.2, 0.25) is 0 Å². The Bertz CT molecular complexity index is 667. The van der Waals surface area contributed by atoms with Crippen LogP contribution in [0.3, 0.4) is 0 Å². The van der Waals surface area contributed by atoms with Crippen molar-refractivity contribution < 1.29 is 15.0 Å². The number of aromatic carboxylic acids is 1. The molecule has 0 heterocycles. The van der Waals surface area contributed by atoms with E-state index < -0.39 is 17.0 Å². The molecule has 1 aliphatic carbocycles. The zero-order chi connectivity index (χ0) is 15.0. The molecule has 0 saturated heterocycles. The first-order valence-corrected chi connectivity index (χ1v) is 6.32.